The molecule has 0 saturated carbocycles. The molecule has 3 N–H and O–H groups in total. The maximum Gasteiger partial charge on any atom is 0.228 e. The summed E-state index contributed by atoms with van der Waals surface area (Å²) in [7, 11) is 0. The van der Waals surface area contributed by atoms with Gasteiger partial charge in [-0.15, -0.1) is 11.8 Å². The second-order valence-corrected chi connectivity index (χ2v) is 7.05. The van der Waals surface area contributed by atoms with E-state index >= 15 is 0 Å². The van der Waals surface area contributed by atoms with Gasteiger partial charge < -0.3 is 11.1 Å². The highest BCUT2D eigenvalue weighted by Gasteiger charge is 2.08. The van der Waals surface area contributed by atoms with Gasteiger partial charge in [-0.1, -0.05) is 17.8 Å². The van der Waals surface area contributed by atoms with Crippen LogP contribution in [0.2, 0.25) is 0 Å². The number of nitrogens with zero attached hydrogens (tertiary/aromatic N) is 3. The zero-order valence-electron chi connectivity index (χ0n) is 13.3. The summed E-state index contributed by atoms with van der Waals surface area (Å²) >= 11 is 3.27. The van der Waals surface area contributed by atoms with Crippen LogP contribution in [-0.2, 0) is 0 Å². The lowest BCUT2D eigenvalue weighted by Gasteiger charge is -2.14. The Kier molecular flexibility index (Phi) is 5.90. The van der Waals surface area contributed by atoms with Crippen molar-refractivity contribution in [2.24, 2.45) is 0 Å². The first-order valence-corrected chi connectivity index (χ1v) is 9.20. The summed E-state index contributed by atoms with van der Waals surface area (Å²) in [4.78, 5) is 13.8. The second kappa shape index (κ2) is 7.69. The first kappa shape index (κ1) is 16.9. The average Bonchev–Trinajstić information content (AvgIpc) is 2.43. The molecule has 1 aromatic heterocycles. The zero-order chi connectivity index (χ0) is 16.1. The molecule has 0 aliphatic rings. The van der Waals surface area contributed by atoms with Crippen LogP contribution >= 0.6 is 23.5 Å². The van der Waals surface area contributed by atoms with E-state index in [0.29, 0.717) is 11.1 Å². The Balaban J connectivity index is 1.95. The van der Waals surface area contributed by atoms with Crippen LogP contribution in [0.5, 0.6) is 0 Å². The number of nitrogens with two attached hydrogens (primary N) is 1. The van der Waals surface area contributed by atoms with E-state index in [2.05, 4.69) is 59.2 Å². The Bertz CT molecular complexity index is 628. The molecule has 1 heterocycles. The number of rotatable bonds is 6. The Labute approximate surface area is 139 Å². The van der Waals surface area contributed by atoms with E-state index in [4.69, 9.17) is 5.73 Å². The minimum absolute atomic E-state index is 0.224. The molecule has 22 heavy (non-hydrogen) atoms. The van der Waals surface area contributed by atoms with Crippen molar-refractivity contribution in [3.63, 3.8) is 0 Å². The van der Waals surface area contributed by atoms with Gasteiger partial charge in [-0.25, -0.2) is 0 Å². The predicted octanol–water partition coefficient (Wildman–Crippen LogP) is 3.39. The van der Waals surface area contributed by atoms with Crippen molar-refractivity contribution >= 4 is 35.4 Å². The summed E-state index contributed by atoms with van der Waals surface area (Å²) in [5, 5.41) is 3.91. The number of thioether (sulfide) groups is 2. The summed E-state index contributed by atoms with van der Waals surface area (Å²) in [6, 6.07) is 6.82. The first-order valence-electron chi connectivity index (χ1n) is 6.99. The van der Waals surface area contributed by atoms with Crippen molar-refractivity contribution in [2.45, 2.75) is 36.9 Å². The summed E-state index contributed by atoms with van der Waals surface area (Å²) < 4.78 is 0. The van der Waals surface area contributed by atoms with Crippen LogP contribution in [0.3, 0.4) is 0 Å². The summed E-state index contributed by atoms with van der Waals surface area (Å²) in [5.74, 6) is 1.70. The van der Waals surface area contributed by atoms with Gasteiger partial charge in [0.05, 0.1) is 0 Å². The van der Waals surface area contributed by atoms with E-state index in [0.717, 1.165) is 5.75 Å². The summed E-state index contributed by atoms with van der Waals surface area (Å²) in [6.45, 7) is 6.35. The van der Waals surface area contributed by atoms with E-state index in [9.17, 15) is 0 Å². The molecular weight excluding hydrogens is 314 g/mol. The van der Waals surface area contributed by atoms with Gasteiger partial charge >= 0.3 is 0 Å². The number of aromatic nitrogens is 3. The summed E-state index contributed by atoms with van der Waals surface area (Å²) in [6.07, 6.45) is 1.91. The highest BCUT2D eigenvalue weighted by atomic mass is 32.2. The van der Waals surface area contributed by atoms with Gasteiger partial charge in [-0.3, -0.25) is 0 Å². The Morgan fingerprint density at radius 2 is 1.82 bits per heavy atom. The Morgan fingerprint density at radius 3 is 2.45 bits per heavy atom. The smallest absolute Gasteiger partial charge is 0.228 e. The lowest BCUT2D eigenvalue weighted by atomic mass is 10.2. The molecule has 2 rings (SSSR count). The number of anilines is 2. The van der Waals surface area contributed by atoms with Crippen LogP contribution < -0.4 is 11.1 Å². The molecule has 0 saturated heterocycles. The van der Waals surface area contributed by atoms with Crippen LogP contribution in [-0.4, -0.2) is 33.0 Å². The lowest BCUT2D eigenvalue weighted by molar-refractivity contribution is 0.848. The van der Waals surface area contributed by atoms with E-state index in [1.54, 1.807) is 0 Å². The van der Waals surface area contributed by atoms with Crippen molar-refractivity contribution in [1.82, 2.24) is 15.0 Å². The van der Waals surface area contributed by atoms with Crippen molar-refractivity contribution in [3.05, 3.63) is 29.3 Å². The molecule has 0 bridgehead atoms. The van der Waals surface area contributed by atoms with Crippen molar-refractivity contribution in [3.8, 4) is 0 Å². The molecule has 0 fully saturated rings. The van der Waals surface area contributed by atoms with Crippen molar-refractivity contribution in [2.75, 3.05) is 23.1 Å². The summed E-state index contributed by atoms with van der Waals surface area (Å²) in [5.41, 5.74) is 8.27. The minimum Gasteiger partial charge on any atom is -0.368 e. The van der Waals surface area contributed by atoms with Crippen LogP contribution in [0.15, 0.2) is 28.3 Å². The number of nitrogens with one attached hydrogen (secondary N) is 1. The van der Waals surface area contributed by atoms with E-state index in [1.807, 2.05) is 18.0 Å². The topological polar surface area (TPSA) is 76.7 Å². The van der Waals surface area contributed by atoms with Gasteiger partial charge in [0, 0.05) is 16.7 Å². The van der Waals surface area contributed by atoms with Crippen LogP contribution in [0.1, 0.15) is 18.1 Å². The highest BCUT2D eigenvalue weighted by Crippen LogP contribution is 2.22. The predicted molar refractivity (Wildman–Crippen MR) is 95.7 cm³/mol. The van der Waals surface area contributed by atoms with Gasteiger partial charge in [-0.2, -0.15) is 15.0 Å². The molecule has 0 radical (unpaired) electrons. The average molecular weight is 336 g/mol. The molecule has 0 aliphatic heterocycles. The fraction of sp³-hybridized carbons (Fsp3) is 0.400. The van der Waals surface area contributed by atoms with Crippen molar-refractivity contribution < 1.29 is 0 Å². The third kappa shape index (κ3) is 5.06. The minimum atomic E-state index is 0.224. The van der Waals surface area contributed by atoms with Gasteiger partial charge in [-0.05, 0) is 50.3 Å². The quantitative estimate of drug-likeness (QED) is 0.784. The van der Waals surface area contributed by atoms with E-state index in [-0.39, 0.29) is 12.0 Å². The van der Waals surface area contributed by atoms with Gasteiger partial charge in [0.25, 0.3) is 0 Å². The van der Waals surface area contributed by atoms with E-state index in [1.165, 1.54) is 27.8 Å². The lowest BCUT2D eigenvalue weighted by Crippen LogP contribution is -2.20. The Hall–Kier alpha value is -1.47. The third-order valence-corrected chi connectivity index (χ3v) is 4.67. The van der Waals surface area contributed by atoms with Crippen LogP contribution in [0, 0.1) is 13.8 Å². The zero-order valence-corrected chi connectivity index (χ0v) is 14.9. The number of aryl methyl sites for hydroxylation is 2. The van der Waals surface area contributed by atoms with Gasteiger partial charge in [0.1, 0.15) is 0 Å². The molecule has 0 spiro atoms. The maximum absolute atomic E-state index is 5.69. The van der Waals surface area contributed by atoms with Crippen LogP contribution in [0.25, 0.3) is 0 Å². The number of benzene rings is 1. The van der Waals surface area contributed by atoms with Gasteiger partial charge in [0.15, 0.2) is 5.16 Å². The molecule has 0 amide bonds. The molecule has 0 aliphatic carbocycles. The molecule has 5 nitrogen and oxygen atoms in total. The third-order valence-electron chi connectivity index (χ3n) is 2.89. The molecule has 1 aromatic carbocycles. The normalized spacial score (nSPS) is 12.2. The van der Waals surface area contributed by atoms with Gasteiger partial charge in [0.2, 0.25) is 11.9 Å². The monoisotopic (exact) mass is 335 g/mol. The number of hydrogen-bond acceptors (Lipinski definition) is 7. The molecule has 7 heteroatoms. The fourth-order valence-electron chi connectivity index (χ4n) is 2.03. The fourth-order valence-corrected chi connectivity index (χ4v) is 3.45. The maximum atomic E-state index is 5.69. The van der Waals surface area contributed by atoms with Crippen molar-refractivity contribution in [1.29, 1.82) is 0 Å². The van der Waals surface area contributed by atoms with Crippen LogP contribution in [0.4, 0.5) is 11.9 Å². The molecular formula is C15H21N5S2. The number of nitrogen functional groups attached to an aromatic ring is 1. The SMILES string of the molecule is CSc1nc(N)nc(NC(C)CSc2cc(C)cc(C)c2)n1. The largest absolute Gasteiger partial charge is 0.368 e. The first-order chi connectivity index (χ1) is 10.5. The number of hydrogen-bond donors (Lipinski definition) is 2. The molecule has 1 atom stereocenters. The molecule has 1 unspecified atom stereocenters. The Morgan fingerprint density at radius 1 is 1.14 bits per heavy atom. The van der Waals surface area contributed by atoms with E-state index < -0.39 is 0 Å². The second-order valence-electron chi connectivity index (χ2n) is 5.18. The molecule has 2 aromatic rings. The standard InChI is InChI=1S/C15H21N5S2/c1-9-5-10(2)7-12(6-9)22-8-11(3)17-14-18-13(16)19-15(20-14)21-4/h5-7,11H,8H2,1-4H3,(H3,16,17,18,19,20). The molecule has 118 valence electrons. The highest BCUT2D eigenvalue weighted by molar-refractivity contribution is 7.99.